The molecule has 0 spiro atoms. The van der Waals surface area contributed by atoms with Gasteiger partial charge < -0.3 is 5.32 Å². The monoisotopic (exact) mass is 358 g/mol. The summed E-state index contributed by atoms with van der Waals surface area (Å²) in [6.45, 7) is 5.90. The van der Waals surface area contributed by atoms with E-state index in [-0.39, 0.29) is 17.8 Å². The molecule has 0 aliphatic carbocycles. The molecule has 2 aromatic heterocycles. The van der Waals surface area contributed by atoms with E-state index in [2.05, 4.69) is 27.4 Å². The number of carbonyl (C=O) groups is 1. The van der Waals surface area contributed by atoms with Crippen molar-refractivity contribution in [1.29, 1.82) is 0 Å². The number of carbonyl (C=O) groups excluding carboxylic acids is 1. The van der Waals surface area contributed by atoms with Crippen molar-refractivity contribution in [2.24, 2.45) is 0 Å². The zero-order valence-electron chi connectivity index (χ0n) is 14.3. The highest BCUT2D eigenvalue weighted by molar-refractivity contribution is 6.30. The normalized spacial score (nSPS) is 12.2. The second kappa shape index (κ2) is 7.06. The van der Waals surface area contributed by atoms with Gasteiger partial charge in [-0.25, -0.2) is 14.3 Å². The van der Waals surface area contributed by atoms with Crippen molar-refractivity contribution in [3.05, 3.63) is 53.2 Å². The summed E-state index contributed by atoms with van der Waals surface area (Å²) < 4.78 is 3.39. The van der Waals surface area contributed by atoms with Crippen molar-refractivity contribution in [2.75, 3.05) is 5.32 Å². The lowest BCUT2D eigenvalue weighted by Crippen LogP contribution is -2.18. The predicted molar refractivity (Wildman–Crippen MR) is 96.3 cm³/mol. The molecule has 0 saturated heterocycles. The molecule has 1 N–H and O–H groups in total. The van der Waals surface area contributed by atoms with E-state index in [9.17, 15) is 4.79 Å². The quantitative estimate of drug-likeness (QED) is 0.755. The van der Waals surface area contributed by atoms with Gasteiger partial charge in [-0.15, -0.1) is 5.10 Å². The van der Waals surface area contributed by atoms with E-state index in [4.69, 9.17) is 11.6 Å². The van der Waals surface area contributed by atoms with Gasteiger partial charge in [-0.05, 0) is 44.5 Å². The highest BCUT2D eigenvalue weighted by Crippen LogP contribution is 2.18. The predicted octanol–water partition coefficient (Wildman–Crippen LogP) is 3.65. The number of rotatable bonds is 5. The number of halogens is 1. The lowest BCUT2D eigenvalue weighted by atomic mass is 10.3. The van der Waals surface area contributed by atoms with Gasteiger partial charge in [0, 0.05) is 11.1 Å². The van der Waals surface area contributed by atoms with E-state index in [1.165, 1.54) is 0 Å². The Labute approximate surface area is 150 Å². The van der Waals surface area contributed by atoms with Crippen LogP contribution in [0.1, 0.15) is 42.8 Å². The second-order valence-electron chi connectivity index (χ2n) is 5.74. The Morgan fingerprint density at radius 3 is 2.68 bits per heavy atom. The molecule has 0 radical (unpaired) electrons. The van der Waals surface area contributed by atoms with Crippen molar-refractivity contribution in [2.45, 2.75) is 33.2 Å². The summed E-state index contributed by atoms with van der Waals surface area (Å²) >= 11 is 5.91. The van der Waals surface area contributed by atoms with Gasteiger partial charge in [-0.2, -0.15) is 5.10 Å². The average molecular weight is 359 g/mol. The molecule has 0 aliphatic rings. The van der Waals surface area contributed by atoms with Crippen LogP contribution in [0.2, 0.25) is 5.02 Å². The van der Waals surface area contributed by atoms with Gasteiger partial charge in [0.1, 0.15) is 11.6 Å². The molecule has 0 bridgehead atoms. The number of hydrogen-bond donors (Lipinski definition) is 1. The number of aromatic nitrogens is 5. The third-order valence-electron chi connectivity index (χ3n) is 3.96. The van der Waals surface area contributed by atoms with Crippen molar-refractivity contribution >= 4 is 23.3 Å². The minimum Gasteiger partial charge on any atom is -0.304 e. The van der Waals surface area contributed by atoms with Crippen LogP contribution in [0.25, 0.3) is 5.69 Å². The van der Waals surface area contributed by atoms with Gasteiger partial charge in [0.25, 0.3) is 5.91 Å². The largest absolute Gasteiger partial charge is 0.304 e. The summed E-state index contributed by atoms with van der Waals surface area (Å²) in [6.07, 6.45) is 2.57. The Morgan fingerprint density at radius 2 is 2.00 bits per heavy atom. The summed E-state index contributed by atoms with van der Waals surface area (Å²) in [6, 6.07) is 9.12. The van der Waals surface area contributed by atoms with E-state index >= 15 is 0 Å². The SMILES string of the molecule is CCC(C)n1nccc1NC(=O)c1nc(C)n(-c2ccc(Cl)cc2)n1. The molecule has 130 valence electrons. The van der Waals surface area contributed by atoms with E-state index in [0.29, 0.717) is 16.7 Å². The number of hydrogen-bond acceptors (Lipinski definition) is 4. The zero-order valence-corrected chi connectivity index (χ0v) is 15.0. The van der Waals surface area contributed by atoms with Gasteiger partial charge in [-0.1, -0.05) is 18.5 Å². The van der Waals surface area contributed by atoms with Gasteiger partial charge >= 0.3 is 0 Å². The van der Waals surface area contributed by atoms with Gasteiger partial charge in [-0.3, -0.25) is 4.79 Å². The van der Waals surface area contributed by atoms with Crippen LogP contribution >= 0.6 is 11.6 Å². The fourth-order valence-electron chi connectivity index (χ4n) is 2.42. The molecule has 1 atom stereocenters. The number of benzene rings is 1. The average Bonchev–Trinajstić information content (AvgIpc) is 3.21. The number of nitrogens with zero attached hydrogens (tertiary/aromatic N) is 5. The molecule has 1 unspecified atom stereocenters. The van der Waals surface area contributed by atoms with Crippen LogP contribution in [0, 0.1) is 6.92 Å². The summed E-state index contributed by atoms with van der Waals surface area (Å²) in [5.41, 5.74) is 0.790. The molecule has 0 saturated carbocycles. The lowest BCUT2D eigenvalue weighted by Gasteiger charge is -2.13. The smallest absolute Gasteiger partial charge is 0.296 e. The zero-order chi connectivity index (χ0) is 18.0. The molecule has 1 amide bonds. The molecule has 2 heterocycles. The molecule has 0 aliphatic heterocycles. The first kappa shape index (κ1) is 17.2. The molecule has 1 aromatic carbocycles. The molecular formula is C17H19ClN6O. The van der Waals surface area contributed by atoms with Gasteiger partial charge in [0.05, 0.1) is 17.9 Å². The summed E-state index contributed by atoms with van der Waals surface area (Å²) in [5.74, 6) is 0.966. The van der Waals surface area contributed by atoms with Crippen LogP contribution in [-0.4, -0.2) is 30.5 Å². The van der Waals surface area contributed by atoms with E-state index in [1.807, 2.05) is 19.1 Å². The fraction of sp³-hybridized carbons (Fsp3) is 0.294. The minimum atomic E-state index is -0.374. The molecule has 25 heavy (non-hydrogen) atoms. The Morgan fingerprint density at radius 1 is 1.28 bits per heavy atom. The summed E-state index contributed by atoms with van der Waals surface area (Å²) in [7, 11) is 0. The van der Waals surface area contributed by atoms with Crippen molar-refractivity contribution < 1.29 is 4.79 Å². The molecule has 3 aromatic rings. The first-order valence-electron chi connectivity index (χ1n) is 8.04. The first-order valence-corrected chi connectivity index (χ1v) is 8.42. The number of anilines is 1. The Bertz CT molecular complexity index is 883. The topological polar surface area (TPSA) is 77.6 Å². The van der Waals surface area contributed by atoms with Crippen LogP contribution in [0.15, 0.2) is 36.5 Å². The molecular weight excluding hydrogens is 340 g/mol. The minimum absolute atomic E-state index is 0.101. The molecule has 0 fully saturated rings. The van der Waals surface area contributed by atoms with Crippen LogP contribution < -0.4 is 5.32 Å². The maximum absolute atomic E-state index is 12.5. The van der Waals surface area contributed by atoms with Crippen molar-refractivity contribution in [3.8, 4) is 5.69 Å². The van der Waals surface area contributed by atoms with Crippen molar-refractivity contribution in [3.63, 3.8) is 0 Å². The number of amides is 1. The summed E-state index contributed by atoms with van der Waals surface area (Å²) in [5, 5.41) is 12.0. The molecule has 3 rings (SSSR count). The maximum Gasteiger partial charge on any atom is 0.296 e. The lowest BCUT2D eigenvalue weighted by molar-refractivity contribution is 0.101. The maximum atomic E-state index is 12.5. The Kier molecular flexibility index (Phi) is 4.85. The number of nitrogens with one attached hydrogen (secondary N) is 1. The van der Waals surface area contributed by atoms with Crippen LogP contribution in [-0.2, 0) is 0 Å². The van der Waals surface area contributed by atoms with Gasteiger partial charge in [0.2, 0.25) is 5.82 Å². The van der Waals surface area contributed by atoms with E-state index in [1.54, 1.807) is 40.7 Å². The molecule has 7 nitrogen and oxygen atoms in total. The van der Waals surface area contributed by atoms with E-state index < -0.39 is 0 Å². The van der Waals surface area contributed by atoms with Crippen molar-refractivity contribution in [1.82, 2.24) is 24.5 Å². The third-order valence-corrected chi connectivity index (χ3v) is 4.22. The second-order valence-corrected chi connectivity index (χ2v) is 6.18. The van der Waals surface area contributed by atoms with E-state index in [0.717, 1.165) is 12.1 Å². The van der Waals surface area contributed by atoms with Crippen LogP contribution in [0.5, 0.6) is 0 Å². The summed E-state index contributed by atoms with van der Waals surface area (Å²) in [4.78, 5) is 16.8. The standard InChI is InChI=1S/C17H19ClN6O/c1-4-11(2)23-15(9-10-19-23)21-17(25)16-20-12(3)24(22-16)14-7-5-13(18)6-8-14/h5-11H,4H2,1-3H3,(H,21,25). The third kappa shape index (κ3) is 3.56. The molecule has 8 heteroatoms. The van der Waals surface area contributed by atoms with Gasteiger partial charge in [0.15, 0.2) is 0 Å². The highest BCUT2D eigenvalue weighted by Gasteiger charge is 2.18. The number of aryl methyl sites for hydroxylation is 1. The van der Waals surface area contributed by atoms with Crippen LogP contribution in [0.3, 0.4) is 0 Å². The Balaban J connectivity index is 1.83. The highest BCUT2D eigenvalue weighted by atomic mass is 35.5. The fourth-order valence-corrected chi connectivity index (χ4v) is 2.55. The van der Waals surface area contributed by atoms with Crippen LogP contribution in [0.4, 0.5) is 5.82 Å². The Hall–Kier alpha value is -2.67. The first-order chi connectivity index (χ1) is 12.0.